The molecule has 0 aliphatic heterocycles. The highest BCUT2D eigenvalue weighted by Crippen LogP contribution is 2.28. The topological polar surface area (TPSA) is 9.23 Å². The van der Waals surface area contributed by atoms with Gasteiger partial charge in [0.25, 0.3) is 0 Å². The van der Waals surface area contributed by atoms with Gasteiger partial charge in [0.2, 0.25) is 0 Å². The molecule has 0 saturated carbocycles. The van der Waals surface area contributed by atoms with Gasteiger partial charge in [-0.1, -0.05) is 23.7 Å². The normalized spacial score (nSPS) is 9.31. The molecule has 0 radical (unpaired) electrons. The van der Waals surface area contributed by atoms with Crippen LogP contribution in [-0.4, -0.2) is 7.11 Å². The van der Waals surface area contributed by atoms with E-state index in [1.807, 2.05) is 12.1 Å². The number of terminal acetylenes is 1. The summed E-state index contributed by atoms with van der Waals surface area (Å²) in [6.07, 6.45) is 6.69. The number of halogens is 1. The van der Waals surface area contributed by atoms with Crippen molar-refractivity contribution in [3.8, 4) is 18.1 Å². The van der Waals surface area contributed by atoms with Crippen LogP contribution < -0.4 is 4.74 Å². The molecule has 13 heavy (non-hydrogen) atoms. The van der Waals surface area contributed by atoms with Gasteiger partial charge >= 0.3 is 0 Å². The van der Waals surface area contributed by atoms with Crippen LogP contribution in [0, 0.1) is 12.3 Å². The molecular weight excluding hydrogens is 184 g/mol. The predicted octanol–water partition coefficient (Wildman–Crippen LogP) is 2.91. The van der Waals surface area contributed by atoms with Crippen LogP contribution in [0.4, 0.5) is 0 Å². The molecule has 1 aromatic rings. The number of hydrogen-bond acceptors (Lipinski definition) is 1. The Hall–Kier alpha value is -1.13. The second kappa shape index (κ2) is 4.79. The van der Waals surface area contributed by atoms with Crippen molar-refractivity contribution < 1.29 is 4.74 Å². The lowest BCUT2D eigenvalue weighted by Crippen LogP contribution is -1.92. The lowest BCUT2D eigenvalue weighted by atomic mass is 10.1. The lowest BCUT2D eigenvalue weighted by Gasteiger charge is -2.08. The second-order valence-corrected chi connectivity index (χ2v) is 3.04. The lowest BCUT2D eigenvalue weighted by molar-refractivity contribution is 0.410. The molecule has 0 aliphatic carbocycles. The molecule has 1 rings (SSSR count). The highest BCUT2D eigenvalue weighted by molar-refractivity contribution is 6.32. The zero-order valence-corrected chi connectivity index (χ0v) is 8.27. The molecule has 1 nitrogen and oxygen atoms in total. The van der Waals surface area contributed by atoms with Crippen molar-refractivity contribution in [2.24, 2.45) is 0 Å². The minimum absolute atomic E-state index is 0.636. The summed E-state index contributed by atoms with van der Waals surface area (Å²) in [6.45, 7) is 0. The number of hydrogen-bond donors (Lipinski definition) is 0. The first-order valence-corrected chi connectivity index (χ1v) is 4.42. The number of methoxy groups -OCH3 is 1. The van der Waals surface area contributed by atoms with E-state index in [0.717, 1.165) is 17.7 Å². The van der Waals surface area contributed by atoms with Crippen LogP contribution in [0.5, 0.6) is 5.75 Å². The molecule has 0 spiro atoms. The molecule has 2 heteroatoms. The summed E-state index contributed by atoms with van der Waals surface area (Å²) in [5, 5.41) is 0.636. The van der Waals surface area contributed by atoms with Crippen molar-refractivity contribution in [1.29, 1.82) is 0 Å². The quantitative estimate of drug-likeness (QED) is 0.673. The van der Waals surface area contributed by atoms with E-state index >= 15 is 0 Å². The molecule has 68 valence electrons. The third-order valence-corrected chi connectivity index (χ3v) is 2.09. The third-order valence-electron chi connectivity index (χ3n) is 1.79. The summed E-state index contributed by atoms with van der Waals surface area (Å²) in [4.78, 5) is 0. The zero-order chi connectivity index (χ0) is 9.68. The van der Waals surface area contributed by atoms with Crippen LogP contribution in [0.15, 0.2) is 18.2 Å². The van der Waals surface area contributed by atoms with Crippen molar-refractivity contribution in [3.63, 3.8) is 0 Å². The van der Waals surface area contributed by atoms with Gasteiger partial charge in [0.1, 0.15) is 5.75 Å². The summed E-state index contributed by atoms with van der Waals surface area (Å²) in [5.74, 6) is 3.32. The summed E-state index contributed by atoms with van der Waals surface area (Å²) in [7, 11) is 1.61. The summed E-state index contributed by atoms with van der Waals surface area (Å²) in [6, 6.07) is 5.68. The Bertz CT molecular complexity index is 325. The number of ether oxygens (including phenoxy) is 1. The molecule has 0 fully saturated rings. The molecule has 0 aliphatic rings. The monoisotopic (exact) mass is 194 g/mol. The van der Waals surface area contributed by atoms with Gasteiger partial charge in [0.15, 0.2) is 0 Å². The molecule has 0 unspecified atom stereocenters. The largest absolute Gasteiger partial charge is 0.495 e. The Morgan fingerprint density at radius 3 is 2.92 bits per heavy atom. The summed E-state index contributed by atoms with van der Waals surface area (Å²) >= 11 is 5.93. The van der Waals surface area contributed by atoms with Crippen molar-refractivity contribution in [1.82, 2.24) is 0 Å². The molecule has 0 atom stereocenters. The fourth-order valence-electron chi connectivity index (χ4n) is 1.19. The van der Waals surface area contributed by atoms with Crippen molar-refractivity contribution >= 4 is 11.6 Å². The number of para-hydroxylation sites is 1. The van der Waals surface area contributed by atoms with E-state index in [1.54, 1.807) is 13.2 Å². The second-order valence-electron chi connectivity index (χ2n) is 2.64. The van der Waals surface area contributed by atoms with E-state index < -0.39 is 0 Å². The maximum Gasteiger partial charge on any atom is 0.140 e. The molecule has 0 amide bonds. The van der Waals surface area contributed by atoms with E-state index in [4.69, 9.17) is 22.8 Å². The number of benzene rings is 1. The van der Waals surface area contributed by atoms with E-state index in [1.165, 1.54) is 0 Å². The highest BCUT2D eigenvalue weighted by atomic mass is 35.5. The summed E-state index contributed by atoms with van der Waals surface area (Å²) < 4.78 is 5.17. The maximum absolute atomic E-state index is 5.93. The standard InChI is InChI=1S/C11H11ClO/c1-3-4-6-9-7-5-8-10(12)11(9)13-2/h1,5,7-8H,4,6H2,2H3. The van der Waals surface area contributed by atoms with Gasteiger partial charge in [-0.25, -0.2) is 0 Å². The number of rotatable bonds is 3. The Kier molecular flexibility index (Phi) is 3.67. The van der Waals surface area contributed by atoms with Crippen LogP contribution in [0.3, 0.4) is 0 Å². The Balaban J connectivity index is 2.93. The number of aryl methyl sites for hydroxylation is 1. The fourth-order valence-corrected chi connectivity index (χ4v) is 1.46. The highest BCUT2D eigenvalue weighted by Gasteiger charge is 2.05. The Morgan fingerprint density at radius 2 is 2.31 bits per heavy atom. The van der Waals surface area contributed by atoms with Crippen molar-refractivity contribution in [2.75, 3.05) is 7.11 Å². The molecule has 0 bridgehead atoms. The van der Waals surface area contributed by atoms with Gasteiger partial charge in [-0.15, -0.1) is 12.3 Å². The van der Waals surface area contributed by atoms with E-state index in [2.05, 4.69) is 5.92 Å². The van der Waals surface area contributed by atoms with E-state index in [0.29, 0.717) is 11.4 Å². The van der Waals surface area contributed by atoms with Gasteiger partial charge in [0, 0.05) is 6.42 Å². The first-order chi connectivity index (χ1) is 6.29. The molecule has 1 aromatic carbocycles. The van der Waals surface area contributed by atoms with Crippen LogP contribution in [0.1, 0.15) is 12.0 Å². The average Bonchev–Trinajstić information content (AvgIpc) is 2.15. The van der Waals surface area contributed by atoms with Crippen LogP contribution in [0.2, 0.25) is 5.02 Å². The van der Waals surface area contributed by atoms with Gasteiger partial charge in [0.05, 0.1) is 12.1 Å². The van der Waals surface area contributed by atoms with Crippen LogP contribution in [-0.2, 0) is 6.42 Å². The van der Waals surface area contributed by atoms with E-state index in [-0.39, 0.29) is 0 Å². The fraction of sp³-hybridized carbons (Fsp3) is 0.273. The smallest absolute Gasteiger partial charge is 0.140 e. The molecule has 0 heterocycles. The van der Waals surface area contributed by atoms with E-state index in [9.17, 15) is 0 Å². The predicted molar refractivity (Wildman–Crippen MR) is 55.2 cm³/mol. The van der Waals surface area contributed by atoms with Gasteiger partial charge in [-0.05, 0) is 18.1 Å². The van der Waals surface area contributed by atoms with Crippen molar-refractivity contribution in [2.45, 2.75) is 12.8 Å². The zero-order valence-electron chi connectivity index (χ0n) is 7.51. The van der Waals surface area contributed by atoms with Crippen LogP contribution in [0.25, 0.3) is 0 Å². The molecule has 0 aromatic heterocycles. The molecule has 0 saturated heterocycles. The average molecular weight is 195 g/mol. The van der Waals surface area contributed by atoms with Gasteiger partial charge < -0.3 is 4.74 Å². The van der Waals surface area contributed by atoms with Crippen molar-refractivity contribution in [3.05, 3.63) is 28.8 Å². The minimum Gasteiger partial charge on any atom is -0.495 e. The summed E-state index contributed by atoms with van der Waals surface area (Å²) in [5.41, 5.74) is 1.06. The minimum atomic E-state index is 0.636. The first kappa shape index (κ1) is 9.95. The Labute approximate surface area is 83.7 Å². The third kappa shape index (κ3) is 2.40. The first-order valence-electron chi connectivity index (χ1n) is 4.04. The molecule has 0 N–H and O–H groups in total. The Morgan fingerprint density at radius 1 is 1.54 bits per heavy atom. The molecular formula is C11H11ClO. The van der Waals surface area contributed by atoms with Crippen LogP contribution >= 0.6 is 11.6 Å². The maximum atomic E-state index is 5.93. The van der Waals surface area contributed by atoms with Gasteiger partial charge in [-0.2, -0.15) is 0 Å². The SMILES string of the molecule is C#CCCc1cccc(Cl)c1OC. The van der Waals surface area contributed by atoms with Gasteiger partial charge in [-0.3, -0.25) is 0 Å².